The van der Waals surface area contributed by atoms with Crippen LogP contribution in [0.2, 0.25) is 0 Å². The van der Waals surface area contributed by atoms with Gasteiger partial charge in [-0.15, -0.1) is 0 Å². The van der Waals surface area contributed by atoms with Crippen LogP contribution in [0.25, 0.3) is 0 Å². The number of aryl methyl sites for hydroxylation is 1. The van der Waals surface area contributed by atoms with Gasteiger partial charge in [0.15, 0.2) is 0 Å². The molecule has 0 radical (unpaired) electrons. The van der Waals surface area contributed by atoms with E-state index in [1.54, 1.807) is 0 Å². The number of nitrogens with zero attached hydrogens (tertiary/aromatic N) is 1. The molecule has 0 saturated carbocycles. The van der Waals surface area contributed by atoms with E-state index in [2.05, 4.69) is 49.2 Å². The van der Waals surface area contributed by atoms with Gasteiger partial charge in [0.1, 0.15) is 0 Å². The lowest BCUT2D eigenvalue weighted by Gasteiger charge is -2.16. The van der Waals surface area contributed by atoms with Crippen molar-refractivity contribution in [3.8, 4) is 0 Å². The summed E-state index contributed by atoms with van der Waals surface area (Å²) in [6.45, 7) is 4.51. The monoisotopic (exact) mass is 180 g/mol. The summed E-state index contributed by atoms with van der Waals surface area (Å²) < 4.78 is 2.10. The highest BCUT2D eigenvalue weighted by atomic mass is 14.9. The van der Waals surface area contributed by atoms with E-state index >= 15 is 0 Å². The molecule has 0 saturated heterocycles. The fraction of sp³-hybridized carbons (Fsp3) is 0.636. The zero-order valence-electron chi connectivity index (χ0n) is 9.04. The average molecular weight is 180 g/mol. The molecular formula is C11H20N2. The second-order valence-electron chi connectivity index (χ2n) is 4.08. The molecule has 1 unspecified atom stereocenters. The van der Waals surface area contributed by atoms with Crippen molar-refractivity contribution in [1.29, 1.82) is 0 Å². The Bertz CT molecular complexity index is 250. The van der Waals surface area contributed by atoms with Gasteiger partial charge in [0.2, 0.25) is 0 Å². The Morgan fingerprint density at radius 3 is 2.54 bits per heavy atom. The molecule has 74 valence electrons. The van der Waals surface area contributed by atoms with E-state index in [9.17, 15) is 0 Å². The molecular weight excluding hydrogens is 160 g/mol. The summed E-state index contributed by atoms with van der Waals surface area (Å²) >= 11 is 0. The first-order chi connectivity index (χ1) is 6.13. The van der Waals surface area contributed by atoms with Gasteiger partial charge >= 0.3 is 0 Å². The lowest BCUT2D eigenvalue weighted by atomic mass is 9.99. The van der Waals surface area contributed by atoms with Crippen molar-refractivity contribution in [2.75, 3.05) is 7.05 Å². The molecule has 0 bridgehead atoms. The molecule has 1 atom stereocenters. The molecule has 0 aliphatic rings. The van der Waals surface area contributed by atoms with Crippen LogP contribution in [0, 0.1) is 5.92 Å². The van der Waals surface area contributed by atoms with Crippen molar-refractivity contribution < 1.29 is 0 Å². The Balaban J connectivity index is 2.66. The third-order valence-electron chi connectivity index (χ3n) is 2.31. The Morgan fingerprint density at radius 1 is 1.46 bits per heavy atom. The quantitative estimate of drug-likeness (QED) is 0.752. The van der Waals surface area contributed by atoms with Crippen molar-refractivity contribution in [1.82, 2.24) is 9.88 Å². The van der Waals surface area contributed by atoms with Crippen LogP contribution in [0.15, 0.2) is 18.5 Å². The maximum Gasteiger partial charge on any atom is 0.0335 e. The van der Waals surface area contributed by atoms with Crippen LogP contribution in [-0.2, 0) is 7.05 Å². The molecule has 1 heterocycles. The third-order valence-corrected chi connectivity index (χ3v) is 2.31. The van der Waals surface area contributed by atoms with Crippen LogP contribution in [0.3, 0.4) is 0 Å². The first-order valence-electron chi connectivity index (χ1n) is 4.92. The molecule has 1 rings (SSSR count). The SMILES string of the molecule is CNC(CC(C)C)c1ccn(C)c1. The van der Waals surface area contributed by atoms with E-state index in [0.717, 1.165) is 5.92 Å². The van der Waals surface area contributed by atoms with E-state index in [0.29, 0.717) is 6.04 Å². The summed E-state index contributed by atoms with van der Waals surface area (Å²) in [6, 6.07) is 2.69. The van der Waals surface area contributed by atoms with Gasteiger partial charge < -0.3 is 9.88 Å². The zero-order valence-corrected chi connectivity index (χ0v) is 9.04. The first-order valence-corrected chi connectivity index (χ1v) is 4.92. The Labute approximate surface area is 81.0 Å². The zero-order chi connectivity index (χ0) is 9.84. The maximum atomic E-state index is 3.35. The molecule has 0 aromatic carbocycles. The van der Waals surface area contributed by atoms with Crippen LogP contribution in [0.5, 0.6) is 0 Å². The molecule has 0 spiro atoms. The van der Waals surface area contributed by atoms with Gasteiger partial charge in [-0.25, -0.2) is 0 Å². The predicted octanol–water partition coefficient (Wildman–Crippen LogP) is 2.33. The molecule has 13 heavy (non-hydrogen) atoms. The second kappa shape index (κ2) is 4.47. The molecule has 1 N–H and O–H groups in total. The Kier molecular flexibility index (Phi) is 3.55. The summed E-state index contributed by atoms with van der Waals surface area (Å²) in [5.74, 6) is 0.734. The summed E-state index contributed by atoms with van der Waals surface area (Å²) in [6.07, 6.45) is 5.48. The lowest BCUT2D eigenvalue weighted by molar-refractivity contribution is 0.456. The van der Waals surface area contributed by atoms with Crippen LogP contribution in [0.1, 0.15) is 31.9 Å². The van der Waals surface area contributed by atoms with Gasteiger partial charge in [-0.2, -0.15) is 0 Å². The Morgan fingerprint density at radius 2 is 2.15 bits per heavy atom. The van der Waals surface area contributed by atoms with Crippen molar-refractivity contribution in [2.45, 2.75) is 26.3 Å². The van der Waals surface area contributed by atoms with E-state index in [1.165, 1.54) is 12.0 Å². The Hall–Kier alpha value is -0.760. The minimum Gasteiger partial charge on any atom is -0.357 e. The lowest BCUT2D eigenvalue weighted by Crippen LogP contribution is -2.17. The molecule has 0 aliphatic carbocycles. The average Bonchev–Trinajstić information content (AvgIpc) is 2.47. The number of rotatable bonds is 4. The number of aromatic nitrogens is 1. The minimum atomic E-state index is 0.501. The van der Waals surface area contributed by atoms with E-state index in [4.69, 9.17) is 0 Å². The topological polar surface area (TPSA) is 17.0 Å². The summed E-state index contributed by atoms with van der Waals surface area (Å²) in [4.78, 5) is 0. The van der Waals surface area contributed by atoms with E-state index in [-0.39, 0.29) is 0 Å². The van der Waals surface area contributed by atoms with Gasteiger partial charge in [0.05, 0.1) is 0 Å². The predicted molar refractivity (Wildman–Crippen MR) is 56.7 cm³/mol. The van der Waals surface area contributed by atoms with E-state index < -0.39 is 0 Å². The third kappa shape index (κ3) is 2.88. The van der Waals surface area contributed by atoms with Gasteiger partial charge in [0.25, 0.3) is 0 Å². The summed E-state index contributed by atoms with van der Waals surface area (Å²) in [5, 5.41) is 3.35. The molecule has 1 aromatic heterocycles. The van der Waals surface area contributed by atoms with Gasteiger partial charge in [0, 0.05) is 25.5 Å². The highest BCUT2D eigenvalue weighted by molar-refractivity contribution is 5.15. The smallest absolute Gasteiger partial charge is 0.0335 e. The van der Waals surface area contributed by atoms with E-state index in [1.807, 2.05) is 7.05 Å². The molecule has 0 aliphatic heterocycles. The molecule has 2 nitrogen and oxygen atoms in total. The minimum absolute atomic E-state index is 0.501. The largest absolute Gasteiger partial charge is 0.357 e. The fourth-order valence-corrected chi connectivity index (χ4v) is 1.62. The van der Waals surface area contributed by atoms with Gasteiger partial charge in [-0.3, -0.25) is 0 Å². The molecule has 2 heteroatoms. The second-order valence-corrected chi connectivity index (χ2v) is 4.08. The van der Waals surface area contributed by atoms with Crippen molar-refractivity contribution in [3.63, 3.8) is 0 Å². The van der Waals surface area contributed by atoms with Crippen LogP contribution < -0.4 is 5.32 Å². The summed E-state index contributed by atoms with van der Waals surface area (Å²) in [7, 11) is 4.09. The van der Waals surface area contributed by atoms with Crippen molar-refractivity contribution in [2.24, 2.45) is 13.0 Å². The van der Waals surface area contributed by atoms with Gasteiger partial charge in [-0.1, -0.05) is 13.8 Å². The number of nitrogens with one attached hydrogen (secondary N) is 1. The highest BCUT2D eigenvalue weighted by Crippen LogP contribution is 2.20. The number of hydrogen-bond acceptors (Lipinski definition) is 1. The standard InChI is InChI=1S/C11H20N2/c1-9(2)7-11(12-3)10-5-6-13(4)8-10/h5-6,8-9,11-12H,7H2,1-4H3. The summed E-state index contributed by atoms with van der Waals surface area (Å²) in [5.41, 5.74) is 1.39. The normalized spacial score (nSPS) is 13.6. The van der Waals surface area contributed by atoms with Crippen LogP contribution >= 0.6 is 0 Å². The van der Waals surface area contributed by atoms with Crippen LogP contribution in [-0.4, -0.2) is 11.6 Å². The fourth-order valence-electron chi connectivity index (χ4n) is 1.62. The van der Waals surface area contributed by atoms with Gasteiger partial charge in [-0.05, 0) is 31.0 Å². The highest BCUT2D eigenvalue weighted by Gasteiger charge is 2.11. The van der Waals surface area contributed by atoms with Crippen molar-refractivity contribution >= 4 is 0 Å². The van der Waals surface area contributed by atoms with Crippen LogP contribution in [0.4, 0.5) is 0 Å². The molecule has 0 amide bonds. The van der Waals surface area contributed by atoms with Crippen molar-refractivity contribution in [3.05, 3.63) is 24.0 Å². The first kappa shape index (κ1) is 10.3. The number of hydrogen-bond donors (Lipinski definition) is 1. The maximum absolute atomic E-state index is 3.35. The molecule has 1 aromatic rings. The molecule has 0 fully saturated rings.